The van der Waals surface area contributed by atoms with Crippen LogP contribution in [0.5, 0.6) is 11.5 Å². The van der Waals surface area contributed by atoms with E-state index in [1.165, 1.54) is 71.5 Å². The highest BCUT2D eigenvalue weighted by molar-refractivity contribution is 6.18. The van der Waals surface area contributed by atoms with Crippen LogP contribution >= 0.6 is 0 Å². The molecule has 0 spiro atoms. The quantitative estimate of drug-likeness (QED) is 0.185. The molecule has 0 N–H and O–H groups in total. The molecule has 8 aromatic carbocycles. The zero-order valence-corrected chi connectivity index (χ0v) is 27.6. The van der Waals surface area contributed by atoms with Crippen molar-refractivity contribution in [3.05, 3.63) is 182 Å². The standard InChI is InChI=1S/C48H30N2O/c1-3-11-31(12-4-1)34-21-26-42-39(29-34)40-30-35(32-13-5-2-6-14-32)22-27-43(40)49(42)36-23-19-33(20-24-36)37-25-28-46-48-47(37)38-15-7-8-16-41(38)50(48)44-17-9-10-18-45(44)51-46/h1-30H. The highest BCUT2D eigenvalue weighted by Gasteiger charge is 2.25. The van der Waals surface area contributed by atoms with Crippen LogP contribution in [0.2, 0.25) is 0 Å². The molecule has 238 valence electrons. The molecule has 0 atom stereocenters. The molecule has 0 aliphatic carbocycles. The minimum atomic E-state index is 0.878. The first-order valence-electron chi connectivity index (χ1n) is 17.4. The summed E-state index contributed by atoms with van der Waals surface area (Å²) in [6.07, 6.45) is 0. The Morgan fingerprint density at radius 1 is 0.353 bits per heavy atom. The SMILES string of the molecule is c1ccc(-c2ccc3c(c2)c2cc(-c4ccccc4)ccc2n3-c2ccc(-c3ccc4c5c3c3ccccc3n5-c3ccccc3O4)cc2)cc1. The summed E-state index contributed by atoms with van der Waals surface area (Å²) in [7, 11) is 0. The van der Waals surface area contributed by atoms with Gasteiger partial charge in [0.15, 0.2) is 11.5 Å². The van der Waals surface area contributed by atoms with Crippen LogP contribution < -0.4 is 4.74 Å². The van der Waals surface area contributed by atoms with E-state index in [9.17, 15) is 0 Å². The fraction of sp³-hybridized carbons (Fsp3) is 0. The molecule has 0 bridgehead atoms. The first-order valence-corrected chi connectivity index (χ1v) is 17.4. The Morgan fingerprint density at radius 2 is 0.922 bits per heavy atom. The highest BCUT2D eigenvalue weighted by Crippen LogP contribution is 2.48. The van der Waals surface area contributed by atoms with Crippen LogP contribution in [0, 0.1) is 0 Å². The summed E-state index contributed by atoms with van der Waals surface area (Å²) in [6.45, 7) is 0. The molecule has 3 nitrogen and oxygen atoms in total. The molecule has 3 heteroatoms. The van der Waals surface area contributed by atoms with Crippen molar-refractivity contribution in [1.29, 1.82) is 0 Å². The third kappa shape index (κ3) is 4.19. The molecular weight excluding hydrogens is 621 g/mol. The first kappa shape index (κ1) is 28.0. The molecule has 0 saturated heterocycles. The predicted molar refractivity (Wildman–Crippen MR) is 212 cm³/mol. The molecule has 2 aromatic heterocycles. The molecule has 10 aromatic rings. The average molecular weight is 651 g/mol. The minimum Gasteiger partial charge on any atom is -0.453 e. The van der Waals surface area contributed by atoms with Gasteiger partial charge in [0.25, 0.3) is 0 Å². The van der Waals surface area contributed by atoms with Gasteiger partial charge in [-0.25, -0.2) is 0 Å². The number of ether oxygens (including phenoxy) is 1. The van der Waals surface area contributed by atoms with Crippen molar-refractivity contribution >= 4 is 43.6 Å². The summed E-state index contributed by atoms with van der Waals surface area (Å²) in [5.74, 6) is 1.76. The first-order chi connectivity index (χ1) is 25.3. The zero-order chi connectivity index (χ0) is 33.5. The van der Waals surface area contributed by atoms with Crippen LogP contribution in [0.3, 0.4) is 0 Å². The Bertz CT molecular complexity index is 2870. The Morgan fingerprint density at radius 3 is 1.61 bits per heavy atom. The van der Waals surface area contributed by atoms with Crippen LogP contribution in [-0.4, -0.2) is 9.13 Å². The fourth-order valence-electron chi connectivity index (χ4n) is 8.20. The normalized spacial score (nSPS) is 12.1. The summed E-state index contributed by atoms with van der Waals surface area (Å²) in [4.78, 5) is 0. The smallest absolute Gasteiger partial charge is 0.152 e. The van der Waals surface area contributed by atoms with Gasteiger partial charge >= 0.3 is 0 Å². The minimum absolute atomic E-state index is 0.878. The van der Waals surface area contributed by atoms with E-state index in [4.69, 9.17) is 4.74 Å². The lowest BCUT2D eigenvalue weighted by atomic mass is 9.98. The van der Waals surface area contributed by atoms with Crippen LogP contribution in [0.25, 0.3) is 88.4 Å². The van der Waals surface area contributed by atoms with Gasteiger partial charge in [-0.05, 0) is 100 Å². The molecule has 11 rings (SSSR count). The summed E-state index contributed by atoms with van der Waals surface area (Å²) >= 11 is 0. The second kappa shape index (κ2) is 10.8. The van der Waals surface area contributed by atoms with Crippen molar-refractivity contribution in [3.8, 4) is 56.3 Å². The molecule has 1 aliphatic rings. The molecule has 3 heterocycles. The van der Waals surface area contributed by atoms with Crippen LogP contribution in [0.4, 0.5) is 0 Å². The predicted octanol–water partition coefficient (Wildman–Crippen LogP) is 13.0. The second-order valence-corrected chi connectivity index (χ2v) is 13.3. The summed E-state index contributed by atoms with van der Waals surface area (Å²) in [5, 5.41) is 4.92. The van der Waals surface area contributed by atoms with E-state index in [-0.39, 0.29) is 0 Å². The maximum Gasteiger partial charge on any atom is 0.152 e. The van der Waals surface area contributed by atoms with Gasteiger partial charge in [-0.1, -0.05) is 115 Å². The largest absolute Gasteiger partial charge is 0.453 e. The van der Waals surface area contributed by atoms with Gasteiger partial charge < -0.3 is 13.9 Å². The summed E-state index contributed by atoms with van der Waals surface area (Å²) in [6, 6.07) is 65.5. The molecule has 51 heavy (non-hydrogen) atoms. The van der Waals surface area contributed by atoms with Gasteiger partial charge in [0, 0.05) is 27.2 Å². The number of fused-ring (bicyclic) bond motifs is 8. The third-order valence-corrected chi connectivity index (χ3v) is 10.5. The molecule has 0 unspecified atom stereocenters. The molecule has 0 saturated carbocycles. The van der Waals surface area contributed by atoms with Crippen molar-refractivity contribution in [2.45, 2.75) is 0 Å². The zero-order valence-electron chi connectivity index (χ0n) is 27.6. The number of nitrogens with zero attached hydrogens (tertiary/aromatic N) is 2. The van der Waals surface area contributed by atoms with Crippen molar-refractivity contribution in [1.82, 2.24) is 9.13 Å². The highest BCUT2D eigenvalue weighted by atomic mass is 16.5. The number of benzene rings is 8. The lowest BCUT2D eigenvalue weighted by Gasteiger charge is -2.21. The number of hydrogen-bond acceptors (Lipinski definition) is 1. The van der Waals surface area contributed by atoms with Gasteiger partial charge in [-0.3, -0.25) is 0 Å². The molecule has 0 fully saturated rings. The van der Waals surface area contributed by atoms with Gasteiger partial charge in [0.05, 0.1) is 27.8 Å². The van der Waals surface area contributed by atoms with E-state index in [1.54, 1.807) is 0 Å². The third-order valence-electron chi connectivity index (χ3n) is 10.5. The average Bonchev–Trinajstić information content (AvgIpc) is 3.73. The molecular formula is C48H30N2O. The maximum absolute atomic E-state index is 6.47. The van der Waals surface area contributed by atoms with Gasteiger partial charge in [-0.2, -0.15) is 0 Å². The van der Waals surface area contributed by atoms with Gasteiger partial charge in [0.2, 0.25) is 0 Å². The van der Waals surface area contributed by atoms with Gasteiger partial charge in [0.1, 0.15) is 0 Å². The van der Waals surface area contributed by atoms with Crippen LogP contribution in [0.15, 0.2) is 182 Å². The number of aromatic nitrogens is 2. The lowest BCUT2D eigenvalue weighted by molar-refractivity contribution is 0.476. The van der Waals surface area contributed by atoms with E-state index in [1.807, 2.05) is 12.1 Å². The van der Waals surface area contributed by atoms with Crippen molar-refractivity contribution in [2.24, 2.45) is 0 Å². The van der Waals surface area contributed by atoms with E-state index in [0.717, 1.165) is 28.4 Å². The fourth-order valence-corrected chi connectivity index (χ4v) is 8.20. The van der Waals surface area contributed by atoms with Gasteiger partial charge in [-0.15, -0.1) is 0 Å². The Balaban J connectivity index is 1.10. The molecule has 0 amide bonds. The van der Waals surface area contributed by atoms with E-state index < -0.39 is 0 Å². The Labute approximate surface area is 294 Å². The monoisotopic (exact) mass is 650 g/mol. The Kier molecular flexibility index (Phi) is 5.96. The van der Waals surface area contributed by atoms with Crippen molar-refractivity contribution in [3.63, 3.8) is 0 Å². The summed E-state index contributed by atoms with van der Waals surface area (Å²) in [5.41, 5.74) is 14.1. The van der Waals surface area contributed by atoms with Crippen LogP contribution in [0.1, 0.15) is 0 Å². The summed E-state index contributed by atoms with van der Waals surface area (Å²) < 4.78 is 11.2. The van der Waals surface area contributed by atoms with E-state index in [2.05, 4.69) is 179 Å². The van der Waals surface area contributed by atoms with Crippen molar-refractivity contribution < 1.29 is 4.74 Å². The van der Waals surface area contributed by atoms with Crippen molar-refractivity contribution in [2.75, 3.05) is 0 Å². The van der Waals surface area contributed by atoms with E-state index >= 15 is 0 Å². The molecule has 0 radical (unpaired) electrons. The topological polar surface area (TPSA) is 19.1 Å². The number of hydrogen-bond donors (Lipinski definition) is 0. The van der Waals surface area contributed by atoms with Crippen LogP contribution in [-0.2, 0) is 0 Å². The lowest BCUT2D eigenvalue weighted by Crippen LogP contribution is -2.03. The van der Waals surface area contributed by atoms with E-state index in [0.29, 0.717) is 0 Å². The number of para-hydroxylation sites is 3. The molecule has 1 aliphatic heterocycles. The second-order valence-electron chi connectivity index (χ2n) is 13.3. The Hall–Kier alpha value is -6.84. The maximum atomic E-state index is 6.47. The number of rotatable bonds is 4.